The SMILES string of the molecule is Cc1cc(C)c(C(=O)OCC(=O)N[C@@H](C)c2ccc3c(c2)CCCC3)c(Cl)n1. The maximum absolute atomic E-state index is 12.3. The number of hydrogen-bond donors (Lipinski definition) is 1. The monoisotopic (exact) mass is 400 g/mol. The summed E-state index contributed by atoms with van der Waals surface area (Å²) in [6, 6.07) is 7.97. The lowest BCUT2D eigenvalue weighted by Gasteiger charge is -2.20. The Morgan fingerprint density at radius 3 is 2.61 bits per heavy atom. The van der Waals surface area contributed by atoms with Crippen LogP contribution in [-0.4, -0.2) is 23.5 Å². The highest BCUT2D eigenvalue weighted by molar-refractivity contribution is 6.32. The van der Waals surface area contributed by atoms with Gasteiger partial charge in [0.15, 0.2) is 6.61 Å². The van der Waals surface area contributed by atoms with Crippen molar-refractivity contribution in [3.63, 3.8) is 0 Å². The second-order valence-electron chi connectivity index (χ2n) is 7.35. The van der Waals surface area contributed by atoms with E-state index in [0.717, 1.165) is 24.1 Å². The summed E-state index contributed by atoms with van der Waals surface area (Å²) in [6.07, 6.45) is 4.67. The number of carbonyl (C=O) groups is 2. The summed E-state index contributed by atoms with van der Waals surface area (Å²) in [6.45, 7) is 5.12. The van der Waals surface area contributed by atoms with Crippen LogP contribution in [-0.2, 0) is 22.4 Å². The Hall–Kier alpha value is -2.40. The molecule has 6 heteroatoms. The van der Waals surface area contributed by atoms with Crippen LogP contribution >= 0.6 is 11.6 Å². The van der Waals surface area contributed by atoms with Crippen LogP contribution < -0.4 is 5.32 Å². The van der Waals surface area contributed by atoms with Crippen LogP contribution in [0.4, 0.5) is 0 Å². The van der Waals surface area contributed by atoms with Gasteiger partial charge in [0.2, 0.25) is 0 Å². The van der Waals surface area contributed by atoms with Crippen molar-refractivity contribution in [3.8, 4) is 0 Å². The van der Waals surface area contributed by atoms with Crippen molar-refractivity contribution in [1.29, 1.82) is 0 Å². The molecule has 148 valence electrons. The van der Waals surface area contributed by atoms with Crippen LogP contribution in [0.25, 0.3) is 0 Å². The van der Waals surface area contributed by atoms with Crippen LogP contribution in [0.2, 0.25) is 5.15 Å². The molecule has 0 saturated heterocycles. The van der Waals surface area contributed by atoms with E-state index in [2.05, 4.69) is 28.5 Å². The summed E-state index contributed by atoms with van der Waals surface area (Å²) in [5.41, 5.74) is 5.42. The van der Waals surface area contributed by atoms with E-state index in [0.29, 0.717) is 5.56 Å². The molecule has 1 aromatic carbocycles. The van der Waals surface area contributed by atoms with Crippen LogP contribution in [0.1, 0.15) is 64.1 Å². The average molecular weight is 401 g/mol. The van der Waals surface area contributed by atoms with Crippen LogP contribution in [0, 0.1) is 13.8 Å². The molecule has 1 aromatic heterocycles. The predicted octanol–water partition coefficient (Wildman–Crippen LogP) is 4.26. The number of fused-ring (bicyclic) bond motifs is 1. The summed E-state index contributed by atoms with van der Waals surface area (Å²) in [7, 11) is 0. The Morgan fingerprint density at radius 1 is 1.18 bits per heavy atom. The van der Waals surface area contributed by atoms with Gasteiger partial charge in [0, 0.05) is 5.69 Å². The summed E-state index contributed by atoms with van der Waals surface area (Å²) in [5, 5.41) is 2.97. The third kappa shape index (κ3) is 4.71. The number of halogens is 1. The molecule has 1 aliphatic carbocycles. The smallest absolute Gasteiger partial charge is 0.342 e. The van der Waals surface area contributed by atoms with E-state index in [1.54, 1.807) is 19.9 Å². The largest absolute Gasteiger partial charge is 0.452 e. The normalized spacial score (nSPS) is 14.1. The molecule has 28 heavy (non-hydrogen) atoms. The highest BCUT2D eigenvalue weighted by atomic mass is 35.5. The molecule has 0 aliphatic heterocycles. The number of pyridine rings is 1. The van der Waals surface area contributed by atoms with E-state index in [4.69, 9.17) is 16.3 Å². The number of aryl methyl sites for hydroxylation is 4. The summed E-state index contributed by atoms with van der Waals surface area (Å²) >= 11 is 6.05. The van der Waals surface area contributed by atoms with Crippen LogP contribution in [0.15, 0.2) is 24.3 Å². The number of aromatic nitrogens is 1. The number of nitrogens with one attached hydrogen (secondary N) is 1. The molecular formula is C22H25ClN2O3. The van der Waals surface area contributed by atoms with E-state index in [-0.39, 0.29) is 29.3 Å². The lowest BCUT2D eigenvalue weighted by Crippen LogP contribution is -2.31. The molecule has 0 fully saturated rings. The number of amides is 1. The quantitative estimate of drug-likeness (QED) is 0.601. The molecule has 0 unspecified atom stereocenters. The van der Waals surface area contributed by atoms with E-state index in [1.165, 1.54) is 24.0 Å². The summed E-state index contributed by atoms with van der Waals surface area (Å²) < 4.78 is 5.14. The fraction of sp³-hybridized carbons (Fsp3) is 0.409. The maximum Gasteiger partial charge on any atom is 0.342 e. The Kier molecular flexibility index (Phi) is 6.35. The fourth-order valence-electron chi connectivity index (χ4n) is 3.63. The number of carbonyl (C=O) groups excluding carboxylic acids is 2. The number of esters is 1. The van der Waals surface area contributed by atoms with Crippen molar-refractivity contribution in [2.75, 3.05) is 6.61 Å². The molecule has 1 N–H and O–H groups in total. The molecule has 3 rings (SSSR count). The first-order chi connectivity index (χ1) is 13.3. The highest BCUT2D eigenvalue weighted by Crippen LogP contribution is 2.25. The van der Waals surface area contributed by atoms with Gasteiger partial charge in [0.05, 0.1) is 11.6 Å². The molecule has 1 heterocycles. The molecule has 1 amide bonds. The molecule has 0 radical (unpaired) electrons. The zero-order valence-corrected chi connectivity index (χ0v) is 17.2. The minimum atomic E-state index is -0.647. The molecule has 0 bridgehead atoms. The molecule has 1 aliphatic rings. The van der Waals surface area contributed by atoms with E-state index in [1.807, 2.05) is 6.92 Å². The Morgan fingerprint density at radius 2 is 1.89 bits per heavy atom. The van der Waals surface area contributed by atoms with Crippen molar-refractivity contribution in [2.24, 2.45) is 0 Å². The van der Waals surface area contributed by atoms with E-state index in [9.17, 15) is 9.59 Å². The number of nitrogens with zero attached hydrogens (tertiary/aromatic N) is 1. The molecule has 1 atom stereocenters. The fourth-order valence-corrected chi connectivity index (χ4v) is 3.99. The van der Waals surface area contributed by atoms with E-state index >= 15 is 0 Å². The van der Waals surface area contributed by atoms with Gasteiger partial charge in [-0.3, -0.25) is 4.79 Å². The maximum atomic E-state index is 12.3. The molecule has 2 aromatic rings. The van der Waals surface area contributed by atoms with Gasteiger partial charge >= 0.3 is 5.97 Å². The van der Waals surface area contributed by atoms with Crippen molar-refractivity contribution in [1.82, 2.24) is 10.3 Å². The van der Waals surface area contributed by atoms with Gasteiger partial charge in [-0.05, 0) is 74.8 Å². The molecule has 0 spiro atoms. The third-order valence-corrected chi connectivity index (χ3v) is 5.36. The second kappa shape index (κ2) is 8.74. The van der Waals surface area contributed by atoms with Gasteiger partial charge < -0.3 is 10.1 Å². The van der Waals surface area contributed by atoms with Gasteiger partial charge in [-0.15, -0.1) is 0 Å². The first kappa shape index (κ1) is 20.3. The highest BCUT2D eigenvalue weighted by Gasteiger charge is 2.19. The van der Waals surface area contributed by atoms with Gasteiger partial charge in [0.25, 0.3) is 5.91 Å². The Balaban J connectivity index is 1.58. The average Bonchev–Trinajstić information content (AvgIpc) is 2.65. The summed E-state index contributed by atoms with van der Waals surface area (Å²) in [4.78, 5) is 28.6. The number of ether oxygens (including phenoxy) is 1. The Bertz CT molecular complexity index is 888. The van der Waals surface area contributed by atoms with Crippen molar-refractivity contribution < 1.29 is 14.3 Å². The summed E-state index contributed by atoms with van der Waals surface area (Å²) in [5.74, 6) is -1.00. The number of hydrogen-bond acceptors (Lipinski definition) is 4. The lowest BCUT2D eigenvalue weighted by molar-refractivity contribution is -0.124. The van der Waals surface area contributed by atoms with Crippen molar-refractivity contribution in [3.05, 3.63) is 62.9 Å². The third-order valence-electron chi connectivity index (χ3n) is 5.09. The molecular weight excluding hydrogens is 376 g/mol. The minimum Gasteiger partial charge on any atom is -0.452 e. The zero-order chi connectivity index (χ0) is 20.3. The van der Waals surface area contributed by atoms with Crippen molar-refractivity contribution in [2.45, 2.75) is 52.5 Å². The first-order valence-corrected chi connectivity index (χ1v) is 9.95. The number of rotatable bonds is 5. The molecule has 5 nitrogen and oxygen atoms in total. The number of benzene rings is 1. The van der Waals surface area contributed by atoms with Gasteiger partial charge in [-0.25, -0.2) is 9.78 Å². The first-order valence-electron chi connectivity index (χ1n) is 9.57. The topological polar surface area (TPSA) is 68.3 Å². The molecule has 0 saturated carbocycles. The zero-order valence-electron chi connectivity index (χ0n) is 16.5. The predicted molar refractivity (Wildman–Crippen MR) is 109 cm³/mol. The minimum absolute atomic E-state index is 0.0883. The van der Waals surface area contributed by atoms with Crippen molar-refractivity contribution >= 4 is 23.5 Å². The van der Waals surface area contributed by atoms with Gasteiger partial charge in [-0.2, -0.15) is 0 Å². The van der Waals surface area contributed by atoms with Crippen LogP contribution in [0.5, 0.6) is 0 Å². The van der Waals surface area contributed by atoms with Crippen LogP contribution in [0.3, 0.4) is 0 Å². The Labute approximate surface area is 170 Å². The van der Waals surface area contributed by atoms with Gasteiger partial charge in [-0.1, -0.05) is 29.8 Å². The van der Waals surface area contributed by atoms with E-state index < -0.39 is 5.97 Å². The lowest BCUT2D eigenvalue weighted by atomic mass is 9.89. The van der Waals surface area contributed by atoms with Gasteiger partial charge in [0.1, 0.15) is 5.15 Å². The second-order valence-corrected chi connectivity index (χ2v) is 7.70. The standard InChI is InChI=1S/C22H25ClN2O3/c1-13-10-14(2)24-21(23)20(13)22(27)28-12-19(26)25-15(3)17-9-8-16-6-4-5-7-18(16)11-17/h8-11,15H,4-7,12H2,1-3H3,(H,25,26)/t15-/m0/s1.